The predicted octanol–water partition coefficient (Wildman–Crippen LogP) is 3.25. The molecule has 1 atom stereocenters. The lowest BCUT2D eigenvalue weighted by molar-refractivity contribution is 0.0820. The molecule has 0 saturated carbocycles. The number of likely N-dealkylation sites (tertiary alicyclic amines) is 1. The van der Waals surface area contributed by atoms with E-state index >= 15 is 0 Å². The van der Waals surface area contributed by atoms with E-state index in [4.69, 9.17) is 0 Å². The second-order valence-electron chi connectivity index (χ2n) is 8.51. The number of nitrogens with one attached hydrogen (secondary N) is 1. The Bertz CT molecular complexity index is 893. The lowest BCUT2D eigenvalue weighted by Gasteiger charge is -2.30. The normalized spacial score (nSPS) is 16.9. The van der Waals surface area contributed by atoms with Crippen molar-refractivity contribution >= 4 is 11.8 Å². The molecule has 1 unspecified atom stereocenters. The van der Waals surface area contributed by atoms with E-state index in [0.29, 0.717) is 23.5 Å². The Morgan fingerprint density at radius 2 is 1.83 bits per heavy atom. The van der Waals surface area contributed by atoms with Crippen molar-refractivity contribution in [3.63, 3.8) is 0 Å². The molecule has 1 saturated heterocycles. The maximum absolute atomic E-state index is 12.6. The van der Waals surface area contributed by atoms with Gasteiger partial charge in [0.05, 0.1) is 11.3 Å². The number of rotatable bonds is 6. The van der Waals surface area contributed by atoms with Crippen LogP contribution in [0.1, 0.15) is 57.4 Å². The Morgan fingerprint density at radius 1 is 1.13 bits per heavy atom. The zero-order chi connectivity index (χ0) is 21.7. The highest BCUT2D eigenvalue weighted by Crippen LogP contribution is 2.18. The van der Waals surface area contributed by atoms with Crippen molar-refractivity contribution in [2.24, 2.45) is 5.92 Å². The summed E-state index contributed by atoms with van der Waals surface area (Å²) in [6, 6.07) is 11.7. The van der Waals surface area contributed by atoms with Gasteiger partial charge in [-0.15, -0.1) is 0 Å². The minimum atomic E-state index is -0.185. The van der Waals surface area contributed by atoms with Crippen LogP contribution in [0.4, 0.5) is 0 Å². The third-order valence-corrected chi connectivity index (χ3v) is 5.58. The van der Waals surface area contributed by atoms with Crippen molar-refractivity contribution in [2.75, 3.05) is 27.2 Å². The molecule has 2 aromatic rings. The molecule has 1 N–H and O–H groups in total. The number of carbonyl (C=O) groups excluding carboxylic acids is 2. The summed E-state index contributed by atoms with van der Waals surface area (Å²) in [6.07, 6.45) is 2.61. The topological polar surface area (TPSA) is 65.5 Å². The van der Waals surface area contributed by atoms with Crippen molar-refractivity contribution in [1.29, 1.82) is 0 Å². The van der Waals surface area contributed by atoms with Gasteiger partial charge in [0.1, 0.15) is 5.69 Å². The molecule has 0 aliphatic carbocycles. The van der Waals surface area contributed by atoms with E-state index in [-0.39, 0.29) is 11.8 Å². The van der Waals surface area contributed by atoms with Gasteiger partial charge in [-0.2, -0.15) is 0 Å². The van der Waals surface area contributed by atoms with E-state index in [1.54, 1.807) is 33.2 Å². The molecule has 30 heavy (non-hydrogen) atoms. The Labute approximate surface area is 179 Å². The van der Waals surface area contributed by atoms with Gasteiger partial charge in [-0.3, -0.25) is 14.5 Å². The molecule has 0 bridgehead atoms. The monoisotopic (exact) mass is 408 g/mol. The predicted molar refractivity (Wildman–Crippen MR) is 118 cm³/mol. The van der Waals surface area contributed by atoms with E-state index < -0.39 is 0 Å². The molecule has 0 radical (unpaired) electrons. The fourth-order valence-corrected chi connectivity index (χ4v) is 3.88. The quantitative estimate of drug-likeness (QED) is 0.797. The molecule has 1 aromatic carbocycles. The number of aromatic nitrogens is 1. The van der Waals surface area contributed by atoms with E-state index in [0.717, 1.165) is 18.0 Å². The molecule has 1 aromatic heterocycles. The summed E-state index contributed by atoms with van der Waals surface area (Å²) in [5.41, 5.74) is 3.74. The molecular weight excluding hydrogens is 376 g/mol. The lowest BCUT2D eigenvalue weighted by atomic mass is 9.99. The third kappa shape index (κ3) is 5.66. The van der Waals surface area contributed by atoms with Gasteiger partial charge in [-0.05, 0) is 55.5 Å². The van der Waals surface area contributed by atoms with E-state index in [9.17, 15) is 9.59 Å². The molecule has 1 aliphatic rings. The van der Waals surface area contributed by atoms with Gasteiger partial charge < -0.3 is 10.2 Å². The summed E-state index contributed by atoms with van der Waals surface area (Å²) < 4.78 is 0. The first kappa shape index (κ1) is 22.0. The zero-order valence-electron chi connectivity index (χ0n) is 18.4. The number of amides is 2. The van der Waals surface area contributed by atoms with Crippen molar-refractivity contribution in [3.8, 4) is 0 Å². The van der Waals surface area contributed by atoms with E-state index in [1.807, 2.05) is 0 Å². The summed E-state index contributed by atoms with van der Waals surface area (Å²) in [7, 11) is 3.36. The van der Waals surface area contributed by atoms with Gasteiger partial charge in [0, 0.05) is 33.7 Å². The molecule has 6 nitrogen and oxygen atoms in total. The fourth-order valence-electron chi connectivity index (χ4n) is 3.88. The maximum Gasteiger partial charge on any atom is 0.271 e. The summed E-state index contributed by atoms with van der Waals surface area (Å²) in [5, 5.41) is 2.95. The van der Waals surface area contributed by atoms with E-state index in [1.165, 1.54) is 36.4 Å². The number of piperidine rings is 1. The number of pyridine rings is 1. The Morgan fingerprint density at radius 3 is 2.47 bits per heavy atom. The Kier molecular flexibility index (Phi) is 7.21. The average Bonchev–Trinajstić information content (AvgIpc) is 2.72. The largest absolute Gasteiger partial charge is 0.348 e. The van der Waals surface area contributed by atoms with Gasteiger partial charge in [0.25, 0.3) is 11.8 Å². The summed E-state index contributed by atoms with van der Waals surface area (Å²) in [6.45, 7) is 7.86. The molecular formula is C24H32N4O2. The number of carbonyl (C=O) groups is 2. The van der Waals surface area contributed by atoms with Crippen LogP contribution in [0.2, 0.25) is 0 Å². The SMILES string of the molecule is Cc1nc(C(=O)N(C)C)ccc1C(=O)NCc1ccc(CN2CCCC(C)C2)cc1. The second kappa shape index (κ2) is 9.85. The molecule has 2 amide bonds. The zero-order valence-corrected chi connectivity index (χ0v) is 18.4. The minimum Gasteiger partial charge on any atom is -0.348 e. The van der Waals surface area contributed by atoms with Crippen LogP contribution in [0.25, 0.3) is 0 Å². The second-order valence-corrected chi connectivity index (χ2v) is 8.51. The van der Waals surface area contributed by atoms with Gasteiger partial charge in [-0.25, -0.2) is 4.98 Å². The molecule has 6 heteroatoms. The summed E-state index contributed by atoms with van der Waals surface area (Å²) >= 11 is 0. The number of aryl methyl sites for hydroxylation is 1. The Balaban J connectivity index is 1.55. The van der Waals surface area contributed by atoms with E-state index in [2.05, 4.69) is 46.4 Å². The third-order valence-electron chi connectivity index (χ3n) is 5.58. The van der Waals surface area contributed by atoms with Gasteiger partial charge in [0.15, 0.2) is 0 Å². The van der Waals surface area contributed by atoms with Crippen LogP contribution in [0.15, 0.2) is 36.4 Å². The molecule has 3 rings (SSSR count). The first-order valence-electron chi connectivity index (χ1n) is 10.6. The van der Waals surface area contributed by atoms with Gasteiger partial charge >= 0.3 is 0 Å². The smallest absolute Gasteiger partial charge is 0.271 e. The first-order chi connectivity index (χ1) is 14.3. The number of hydrogen-bond acceptors (Lipinski definition) is 4. The molecule has 1 fully saturated rings. The van der Waals surface area contributed by atoms with Crippen molar-refractivity contribution in [3.05, 3.63) is 64.5 Å². The Hall–Kier alpha value is -2.73. The first-order valence-corrected chi connectivity index (χ1v) is 10.6. The average molecular weight is 409 g/mol. The fraction of sp³-hybridized carbons (Fsp3) is 0.458. The van der Waals surface area contributed by atoms with Crippen molar-refractivity contribution in [2.45, 2.75) is 39.8 Å². The van der Waals surface area contributed by atoms with Crippen LogP contribution in [0.5, 0.6) is 0 Å². The van der Waals surface area contributed by atoms with Crippen LogP contribution < -0.4 is 5.32 Å². The molecule has 0 spiro atoms. The highest BCUT2D eigenvalue weighted by atomic mass is 16.2. The molecule has 160 valence electrons. The highest BCUT2D eigenvalue weighted by molar-refractivity contribution is 5.97. The molecule has 1 aliphatic heterocycles. The summed E-state index contributed by atoms with van der Waals surface area (Å²) in [4.78, 5) is 32.9. The van der Waals surface area contributed by atoms with Gasteiger partial charge in [-0.1, -0.05) is 31.2 Å². The van der Waals surface area contributed by atoms with Crippen LogP contribution in [-0.2, 0) is 13.1 Å². The van der Waals surface area contributed by atoms with Crippen molar-refractivity contribution < 1.29 is 9.59 Å². The number of benzene rings is 1. The maximum atomic E-state index is 12.6. The summed E-state index contributed by atoms with van der Waals surface area (Å²) in [5.74, 6) is 0.417. The van der Waals surface area contributed by atoms with Crippen molar-refractivity contribution in [1.82, 2.24) is 20.1 Å². The van der Waals surface area contributed by atoms with Gasteiger partial charge in [0.2, 0.25) is 0 Å². The standard InChI is InChI=1S/C24H32N4O2/c1-17-6-5-13-28(15-17)16-20-9-7-19(8-10-20)14-25-23(29)21-11-12-22(26-18(21)2)24(30)27(3)4/h7-12,17H,5-6,13-16H2,1-4H3,(H,25,29). The number of hydrogen-bond donors (Lipinski definition) is 1. The van der Waals surface area contributed by atoms with Crippen LogP contribution in [0.3, 0.4) is 0 Å². The van der Waals surface area contributed by atoms with Crippen LogP contribution >= 0.6 is 0 Å². The molecule has 2 heterocycles. The number of nitrogens with zero attached hydrogens (tertiary/aromatic N) is 3. The van der Waals surface area contributed by atoms with Crippen LogP contribution in [-0.4, -0.2) is 53.8 Å². The minimum absolute atomic E-state index is 0.177. The van der Waals surface area contributed by atoms with Crippen LogP contribution in [0, 0.1) is 12.8 Å². The highest BCUT2D eigenvalue weighted by Gasteiger charge is 2.17. The lowest BCUT2D eigenvalue weighted by Crippen LogP contribution is -2.33.